The van der Waals surface area contributed by atoms with E-state index >= 15 is 0 Å². The molecule has 2 rings (SSSR count). The molecule has 20 heavy (non-hydrogen) atoms. The molecule has 1 N–H and O–H groups in total. The molecule has 0 saturated carbocycles. The molecular weight excluding hydrogens is 267 g/mol. The molecule has 1 aromatic carbocycles. The third-order valence-corrected chi connectivity index (χ3v) is 4.07. The number of hydrogen-bond donors (Lipinski definition) is 1. The summed E-state index contributed by atoms with van der Waals surface area (Å²) in [5, 5.41) is 2.73. The number of aryl methyl sites for hydroxylation is 1. The Hall–Kier alpha value is -1.23. The zero-order valence-electron chi connectivity index (χ0n) is 12.0. The number of ether oxygens (including phenoxy) is 1. The standard InChI is InChI=1S/C15H20F3NO/c1-9-7-8-11(14(20-3)10(9)2)12-5-4-6-13(19-12)15(16,17)18/h7-8,12-13,19H,4-6H2,1-3H3. The van der Waals surface area contributed by atoms with E-state index < -0.39 is 12.2 Å². The van der Waals surface area contributed by atoms with Crippen LogP contribution < -0.4 is 10.1 Å². The van der Waals surface area contributed by atoms with Crippen LogP contribution >= 0.6 is 0 Å². The van der Waals surface area contributed by atoms with Gasteiger partial charge in [-0.3, -0.25) is 5.32 Å². The van der Waals surface area contributed by atoms with E-state index in [-0.39, 0.29) is 12.5 Å². The molecule has 0 aromatic heterocycles. The Labute approximate surface area is 117 Å². The van der Waals surface area contributed by atoms with Crippen molar-refractivity contribution in [3.8, 4) is 5.75 Å². The van der Waals surface area contributed by atoms with Crippen molar-refractivity contribution in [3.63, 3.8) is 0 Å². The fourth-order valence-electron chi connectivity index (χ4n) is 2.80. The highest BCUT2D eigenvalue weighted by Crippen LogP contribution is 2.38. The van der Waals surface area contributed by atoms with Gasteiger partial charge in [0.2, 0.25) is 0 Å². The number of methoxy groups -OCH3 is 1. The summed E-state index contributed by atoms with van der Waals surface area (Å²) in [6.45, 7) is 3.90. The van der Waals surface area contributed by atoms with Gasteiger partial charge in [0.25, 0.3) is 0 Å². The Bertz CT molecular complexity index is 485. The average molecular weight is 287 g/mol. The molecule has 1 saturated heterocycles. The molecule has 1 heterocycles. The molecule has 1 aliphatic heterocycles. The van der Waals surface area contributed by atoms with Crippen molar-refractivity contribution in [3.05, 3.63) is 28.8 Å². The third-order valence-electron chi connectivity index (χ3n) is 4.07. The molecule has 1 aromatic rings. The van der Waals surface area contributed by atoms with Crippen LogP contribution in [0.3, 0.4) is 0 Å². The van der Waals surface area contributed by atoms with Crippen molar-refractivity contribution >= 4 is 0 Å². The van der Waals surface area contributed by atoms with E-state index in [2.05, 4.69) is 5.32 Å². The highest BCUT2D eigenvalue weighted by molar-refractivity contribution is 5.47. The minimum Gasteiger partial charge on any atom is -0.496 e. The molecule has 0 amide bonds. The van der Waals surface area contributed by atoms with E-state index in [0.29, 0.717) is 18.6 Å². The summed E-state index contributed by atoms with van der Waals surface area (Å²) < 4.78 is 44.0. The largest absolute Gasteiger partial charge is 0.496 e. The van der Waals surface area contributed by atoms with Gasteiger partial charge < -0.3 is 4.74 Å². The molecule has 112 valence electrons. The Morgan fingerprint density at radius 3 is 2.50 bits per heavy atom. The number of hydrogen-bond acceptors (Lipinski definition) is 2. The topological polar surface area (TPSA) is 21.3 Å². The van der Waals surface area contributed by atoms with Gasteiger partial charge >= 0.3 is 6.18 Å². The molecule has 0 radical (unpaired) electrons. The minimum absolute atomic E-state index is 0.146. The predicted octanol–water partition coefficient (Wildman–Crippen LogP) is 4.06. The number of benzene rings is 1. The van der Waals surface area contributed by atoms with Crippen LogP contribution in [-0.4, -0.2) is 19.3 Å². The number of nitrogens with one attached hydrogen (secondary N) is 1. The number of piperidine rings is 1. The Kier molecular flexibility index (Phi) is 4.28. The second-order valence-electron chi connectivity index (χ2n) is 5.37. The molecular formula is C15H20F3NO. The lowest BCUT2D eigenvalue weighted by Crippen LogP contribution is -2.46. The Morgan fingerprint density at radius 1 is 1.20 bits per heavy atom. The quantitative estimate of drug-likeness (QED) is 0.885. The SMILES string of the molecule is COc1c(C2CCCC(C(F)(F)F)N2)ccc(C)c1C. The van der Waals surface area contributed by atoms with Crippen LogP contribution in [0, 0.1) is 13.8 Å². The molecule has 2 unspecified atom stereocenters. The maximum Gasteiger partial charge on any atom is 0.403 e. The lowest BCUT2D eigenvalue weighted by Gasteiger charge is -2.33. The first kappa shape index (κ1) is 15.2. The van der Waals surface area contributed by atoms with Gasteiger partial charge in [0.1, 0.15) is 11.8 Å². The lowest BCUT2D eigenvalue weighted by atomic mass is 9.90. The van der Waals surface area contributed by atoms with Crippen LogP contribution in [0.25, 0.3) is 0 Å². The lowest BCUT2D eigenvalue weighted by molar-refractivity contribution is -0.163. The fourth-order valence-corrected chi connectivity index (χ4v) is 2.80. The normalized spacial score (nSPS) is 23.7. The predicted molar refractivity (Wildman–Crippen MR) is 72.0 cm³/mol. The van der Waals surface area contributed by atoms with E-state index in [1.807, 2.05) is 26.0 Å². The van der Waals surface area contributed by atoms with E-state index in [1.165, 1.54) is 0 Å². The zero-order chi connectivity index (χ0) is 14.9. The van der Waals surface area contributed by atoms with Gasteiger partial charge in [0.05, 0.1) is 7.11 Å². The Balaban J connectivity index is 2.30. The van der Waals surface area contributed by atoms with Gasteiger partial charge in [-0.15, -0.1) is 0 Å². The van der Waals surface area contributed by atoms with E-state index in [0.717, 1.165) is 16.7 Å². The zero-order valence-corrected chi connectivity index (χ0v) is 12.0. The molecule has 5 heteroatoms. The maximum absolute atomic E-state index is 12.9. The first-order valence-corrected chi connectivity index (χ1v) is 6.81. The second-order valence-corrected chi connectivity index (χ2v) is 5.37. The summed E-state index contributed by atoms with van der Waals surface area (Å²) in [4.78, 5) is 0. The van der Waals surface area contributed by atoms with Crippen molar-refractivity contribution in [2.45, 2.75) is 51.4 Å². The van der Waals surface area contributed by atoms with Gasteiger partial charge in [-0.05, 0) is 44.2 Å². The third kappa shape index (κ3) is 2.92. The second kappa shape index (κ2) is 5.64. The molecule has 0 spiro atoms. The minimum atomic E-state index is -4.19. The average Bonchev–Trinajstić information content (AvgIpc) is 2.41. The maximum atomic E-state index is 12.9. The van der Waals surface area contributed by atoms with Gasteiger partial charge in [-0.25, -0.2) is 0 Å². The summed E-state index contributed by atoms with van der Waals surface area (Å²) in [5.41, 5.74) is 2.89. The van der Waals surface area contributed by atoms with E-state index in [1.54, 1.807) is 7.11 Å². The van der Waals surface area contributed by atoms with Crippen LogP contribution in [0.1, 0.15) is 42.0 Å². The van der Waals surface area contributed by atoms with Gasteiger partial charge in [-0.2, -0.15) is 13.2 Å². The smallest absolute Gasteiger partial charge is 0.403 e. The molecule has 2 atom stereocenters. The van der Waals surface area contributed by atoms with Gasteiger partial charge in [-0.1, -0.05) is 12.1 Å². The van der Waals surface area contributed by atoms with Crippen LogP contribution in [0.2, 0.25) is 0 Å². The highest BCUT2D eigenvalue weighted by atomic mass is 19.4. The summed E-state index contributed by atoms with van der Waals surface area (Å²) >= 11 is 0. The summed E-state index contributed by atoms with van der Waals surface area (Å²) in [7, 11) is 1.56. The number of halogens is 3. The number of rotatable bonds is 2. The Morgan fingerprint density at radius 2 is 1.90 bits per heavy atom. The van der Waals surface area contributed by atoms with Crippen molar-refractivity contribution in [1.82, 2.24) is 5.32 Å². The number of alkyl halides is 3. The molecule has 0 aliphatic carbocycles. The summed E-state index contributed by atoms with van der Waals surface area (Å²) in [6, 6.07) is 2.08. The fraction of sp³-hybridized carbons (Fsp3) is 0.600. The first-order chi connectivity index (χ1) is 9.34. The van der Waals surface area contributed by atoms with Crippen LogP contribution in [0.4, 0.5) is 13.2 Å². The highest BCUT2D eigenvalue weighted by Gasteiger charge is 2.42. The molecule has 1 aliphatic rings. The van der Waals surface area contributed by atoms with Crippen molar-refractivity contribution in [1.29, 1.82) is 0 Å². The van der Waals surface area contributed by atoms with E-state index in [9.17, 15) is 13.2 Å². The summed E-state index contributed by atoms with van der Waals surface area (Å²) in [5.74, 6) is 0.699. The van der Waals surface area contributed by atoms with Crippen molar-refractivity contribution in [2.24, 2.45) is 0 Å². The molecule has 2 nitrogen and oxygen atoms in total. The van der Waals surface area contributed by atoms with Crippen LogP contribution in [0.15, 0.2) is 12.1 Å². The van der Waals surface area contributed by atoms with Crippen LogP contribution in [0.5, 0.6) is 5.75 Å². The van der Waals surface area contributed by atoms with Crippen LogP contribution in [-0.2, 0) is 0 Å². The first-order valence-electron chi connectivity index (χ1n) is 6.81. The summed E-state index contributed by atoms with van der Waals surface area (Å²) in [6.07, 6.45) is -2.78. The van der Waals surface area contributed by atoms with Gasteiger partial charge in [0, 0.05) is 11.6 Å². The molecule has 0 bridgehead atoms. The molecule has 1 fully saturated rings. The van der Waals surface area contributed by atoms with E-state index in [4.69, 9.17) is 4.74 Å². The monoisotopic (exact) mass is 287 g/mol. The van der Waals surface area contributed by atoms with Crippen molar-refractivity contribution in [2.75, 3.05) is 7.11 Å². The van der Waals surface area contributed by atoms with Gasteiger partial charge in [0.15, 0.2) is 0 Å². The van der Waals surface area contributed by atoms with Crippen molar-refractivity contribution < 1.29 is 17.9 Å².